The van der Waals surface area contributed by atoms with Crippen molar-refractivity contribution in [2.45, 2.75) is 130 Å². The first-order valence-electron chi connectivity index (χ1n) is 19.0. The number of aromatic nitrogens is 2. The van der Waals surface area contributed by atoms with Crippen LogP contribution in [0, 0.1) is 56.7 Å². The van der Waals surface area contributed by atoms with Crippen molar-refractivity contribution in [1.29, 1.82) is 0 Å². The highest BCUT2D eigenvalue weighted by molar-refractivity contribution is 5.73. The minimum Gasteiger partial charge on any atom is -0.481 e. The van der Waals surface area contributed by atoms with Gasteiger partial charge in [-0.3, -0.25) is 9.48 Å². The number of ether oxygens (including phenoxy) is 3. The van der Waals surface area contributed by atoms with Crippen LogP contribution in [0.15, 0.2) is 30.1 Å². The molecule has 5 fully saturated rings. The molecule has 3 heterocycles. The fourth-order valence-electron chi connectivity index (χ4n) is 12.9. The average molecular weight is 701 g/mol. The monoisotopic (exact) mass is 700 g/mol. The van der Waals surface area contributed by atoms with E-state index in [0.29, 0.717) is 32.0 Å². The number of hydrogen-bond donors (Lipinski definition) is 5. The number of hydrogen-bond acceptors (Lipinski definition) is 9. The lowest BCUT2D eigenvalue weighted by atomic mass is 9.34. The number of rotatable bonds is 7. The van der Waals surface area contributed by atoms with E-state index < -0.39 is 66.1 Å². The van der Waals surface area contributed by atoms with Crippen molar-refractivity contribution in [3.8, 4) is 0 Å². The van der Waals surface area contributed by atoms with Crippen molar-refractivity contribution in [2.24, 2.45) is 56.7 Å². The van der Waals surface area contributed by atoms with Crippen molar-refractivity contribution < 1.29 is 44.5 Å². The smallest absolute Gasteiger partial charge is 0.307 e. The second-order valence-corrected chi connectivity index (χ2v) is 18.4. The lowest BCUT2D eigenvalue weighted by Crippen LogP contribution is -2.70. The molecule has 4 aliphatic carbocycles. The average Bonchev–Trinajstić information content (AvgIpc) is 3.61. The van der Waals surface area contributed by atoms with E-state index >= 15 is 0 Å². The molecule has 11 nitrogen and oxygen atoms in total. The van der Waals surface area contributed by atoms with Crippen molar-refractivity contribution >= 4 is 5.97 Å². The molecule has 0 radical (unpaired) electrons. The second-order valence-electron chi connectivity index (χ2n) is 18.4. The maximum Gasteiger partial charge on any atom is 0.307 e. The van der Waals surface area contributed by atoms with Crippen molar-refractivity contribution in [3.63, 3.8) is 0 Å². The Kier molecular flexibility index (Phi) is 9.02. The van der Waals surface area contributed by atoms with Crippen LogP contribution >= 0.6 is 0 Å². The van der Waals surface area contributed by atoms with Crippen LogP contribution in [0.25, 0.3) is 0 Å². The SMILES string of the molecule is CC(C)[C@@H](C)[C@@]1(C)CC[C@]2(C)[C@H]3CC[C@@H]4[C@@]5(COC[C@]4(C)[C@@H](O[C@@H]4O[C@H](CO)[C@@H](O)[C@H](O)[C@H]4O)[C@H](n4cccn4)C5)C3=CC[C@@]2(C)[C@@H]1C(=O)O. The molecule has 1 aromatic rings. The van der Waals surface area contributed by atoms with Crippen molar-refractivity contribution in [2.75, 3.05) is 19.8 Å². The highest BCUT2D eigenvalue weighted by Gasteiger charge is 2.72. The van der Waals surface area contributed by atoms with Gasteiger partial charge in [-0.1, -0.05) is 60.1 Å². The Hall–Kier alpha value is -1.86. The minimum absolute atomic E-state index is 0.172. The van der Waals surface area contributed by atoms with Gasteiger partial charge in [0.05, 0.1) is 37.9 Å². The van der Waals surface area contributed by atoms with Crippen LogP contribution in [0.3, 0.4) is 0 Å². The van der Waals surface area contributed by atoms with E-state index in [-0.39, 0.29) is 40.0 Å². The Morgan fingerprint density at radius 3 is 2.42 bits per heavy atom. The van der Waals surface area contributed by atoms with Gasteiger partial charge in [0.1, 0.15) is 24.4 Å². The third-order valence-corrected chi connectivity index (χ3v) is 16.1. The largest absolute Gasteiger partial charge is 0.481 e. The van der Waals surface area contributed by atoms with Gasteiger partial charge in [-0.2, -0.15) is 5.10 Å². The predicted octanol–water partition coefficient (Wildman–Crippen LogP) is 4.20. The van der Waals surface area contributed by atoms with Crippen molar-refractivity contribution in [3.05, 3.63) is 30.1 Å². The normalized spacial score (nSPS) is 50.8. The first-order chi connectivity index (χ1) is 23.5. The highest BCUT2D eigenvalue weighted by Crippen LogP contribution is 2.75. The Balaban J connectivity index is 1.29. The van der Waals surface area contributed by atoms with Crippen LogP contribution < -0.4 is 0 Å². The summed E-state index contributed by atoms with van der Waals surface area (Å²) in [7, 11) is 0. The van der Waals surface area contributed by atoms with Gasteiger partial charge in [0.2, 0.25) is 0 Å². The molecule has 16 atom stereocenters. The zero-order valence-corrected chi connectivity index (χ0v) is 30.9. The molecular weight excluding hydrogens is 640 g/mol. The quantitative estimate of drug-likeness (QED) is 0.206. The van der Waals surface area contributed by atoms with E-state index in [1.807, 2.05) is 16.9 Å². The van der Waals surface area contributed by atoms with E-state index in [9.17, 15) is 30.3 Å². The molecule has 11 heteroatoms. The fourth-order valence-corrected chi connectivity index (χ4v) is 12.9. The summed E-state index contributed by atoms with van der Waals surface area (Å²) in [5.41, 5.74) is -0.400. The number of carboxylic acid groups (broad SMARTS) is 1. The van der Waals surface area contributed by atoms with Crippen LogP contribution in [0.1, 0.15) is 93.0 Å². The molecule has 50 heavy (non-hydrogen) atoms. The van der Waals surface area contributed by atoms with Gasteiger partial charge in [-0.15, -0.1) is 0 Å². The summed E-state index contributed by atoms with van der Waals surface area (Å²) < 4.78 is 21.2. The molecule has 6 aliphatic rings. The van der Waals surface area contributed by atoms with E-state index in [1.54, 1.807) is 6.20 Å². The third kappa shape index (κ3) is 4.86. The molecule has 2 saturated heterocycles. The van der Waals surface area contributed by atoms with Crippen LogP contribution in [-0.2, 0) is 19.0 Å². The number of allylic oxidation sites excluding steroid dienone is 1. The van der Waals surface area contributed by atoms with Crippen LogP contribution in [-0.4, -0.2) is 97.9 Å². The zero-order valence-electron chi connectivity index (χ0n) is 30.9. The number of fused-ring (bicyclic) bond motifs is 3. The third-order valence-electron chi connectivity index (χ3n) is 16.1. The molecule has 0 amide bonds. The van der Waals surface area contributed by atoms with E-state index in [0.717, 1.165) is 25.7 Å². The van der Waals surface area contributed by atoms with E-state index in [1.165, 1.54) is 5.57 Å². The molecule has 280 valence electrons. The summed E-state index contributed by atoms with van der Waals surface area (Å²) in [4.78, 5) is 13.4. The molecule has 3 saturated carbocycles. The summed E-state index contributed by atoms with van der Waals surface area (Å²) in [6.07, 6.45) is 3.81. The molecule has 2 bridgehead atoms. The van der Waals surface area contributed by atoms with E-state index in [4.69, 9.17) is 19.3 Å². The van der Waals surface area contributed by atoms with Gasteiger partial charge in [0.15, 0.2) is 6.29 Å². The van der Waals surface area contributed by atoms with Gasteiger partial charge in [-0.05, 0) is 84.5 Å². The van der Waals surface area contributed by atoms with Gasteiger partial charge < -0.3 is 39.7 Å². The highest BCUT2D eigenvalue weighted by atomic mass is 16.7. The molecule has 0 aromatic carbocycles. The summed E-state index contributed by atoms with van der Waals surface area (Å²) in [6, 6.07) is 1.62. The fraction of sp³-hybridized carbons (Fsp3) is 0.846. The minimum atomic E-state index is -1.54. The van der Waals surface area contributed by atoms with Crippen LogP contribution in [0.2, 0.25) is 0 Å². The molecule has 1 aromatic heterocycles. The Bertz CT molecular complexity index is 1470. The first kappa shape index (κ1) is 36.5. The van der Waals surface area contributed by atoms with Crippen LogP contribution in [0.4, 0.5) is 0 Å². The number of aliphatic hydroxyl groups excluding tert-OH is 4. The van der Waals surface area contributed by atoms with E-state index in [2.05, 4.69) is 54.5 Å². The van der Waals surface area contributed by atoms with Gasteiger partial charge in [-0.25, -0.2) is 0 Å². The maximum absolute atomic E-state index is 13.4. The Morgan fingerprint density at radius 1 is 1.04 bits per heavy atom. The molecule has 0 unspecified atom stereocenters. The number of nitrogens with zero attached hydrogens (tertiary/aromatic N) is 2. The molecule has 0 spiro atoms. The summed E-state index contributed by atoms with van der Waals surface area (Å²) in [6.45, 7) is 16.3. The summed E-state index contributed by atoms with van der Waals surface area (Å²) >= 11 is 0. The topological polar surface area (TPSA) is 164 Å². The van der Waals surface area contributed by atoms with Gasteiger partial charge >= 0.3 is 5.97 Å². The molecular formula is C39H60N2O9. The molecule has 7 rings (SSSR count). The number of carboxylic acids is 1. The number of aliphatic hydroxyl groups is 4. The van der Waals surface area contributed by atoms with Crippen LogP contribution in [0.5, 0.6) is 0 Å². The van der Waals surface area contributed by atoms with Crippen molar-refractivity contribution in [1.82, 2.24) is 9.78 Å². The Morgan fingerprint density at radius 2 is 1.78 bits per heavy atom. The second kappa shape index (κ2) is 12.4. The standard InChI is InChI=1S/C39H60N2O9/c1-21(2)22(3)35(4)13-14-37(6)23-9-10-27-36(5)19-48-20-39(27,24(23)11-12-38(37,7)31(35)33(46)47)17-25(41-16-8-15-40-41)32(36)50-34-30(45)29(44)28(43)26(18-42)49-34/h8,11,15-16,21-23,25-32,34,42-45H,9-10,12-14,17-20H2,1-7H3,(H,46,47)/t22-,23+,25-,26-,27+,28-,29+,30-,31-,32+,34+,35-,36+,37-,38+,39+/m1/s1. The predicted molar refractivity (Wildman–Crippen MR) is 183 cm³/mol. The Labute approximate surface area is 296 Å². The lowest BCUT2D eigenvalue weighted by Gasteiger charge is -2.71. The lowest BCUT2D eigenvalue weighted by molar-refractivity contribution is -0.343. The molecule has 2 aliphatic heterocycles. The summed E-state index contributed by atoms with van der Waals surface area (Å²) in [5, 5.41) is 57.8. The van der Waals surface area contributed by atoms with Gasteiger partial charge in [0.25, 0.3) is 0 Å². The number of carbonyl (C=O) groups is 1. The maximum atomic E-state index is 13.4. The first-order valence-corrected chi connectivity index (χ1v) is 19.0. The zero-order chi connectivity index (χ0) is 36.2. The number of aliphatic carboxylic acids is 1. The molecule has 5 N–H and O–H groups in total. The summed E-state index contributed by atoms with van der Waals surface area (Å²) in [5.74, 6) is -0.0975. The van der Waals surface area contributed by atoms with Gasteiger partial charge in [0, 0.05) is 23.2 Å².